The number of carbonyl (C=O) groups excluding carboxylic acids is 1. The molecule has 3 heterocycles. The summed E-state index contributed by atoms with van der Waals surface area (Å²) in [7, 11) is 1.53. The van der Waals surface area contributed by atoms with Gasteiger partial charge in [-0.05, 0) is 24.3 Å². The summed E-state index contributed by atoms with van der Waals surface area (Å²) in [5.41, 5.74) is 0.989. The Labute approximate surface area is 126 Å². The molecule has 3 aromatic rings. The quantitative estimate of drug-likeness (QED) is 0.795. The summed E-state index contributed by atoms with van der Waals surface area (Å²) < 4.78 is 6.52. The molecule has 0 saturated carbocycles. The fourth-order valence-corrected chi connectivity index (χ4v) is 1.92. The first-order valence-corrected chi connectivity index (χ1v) is 6.54. The topological polar surface area (TPSA) is 81.9 Å². The van der Waals surface area contributed by atoms with Crippen molar-refractivity contribution in [1.82, 2.24) is 19.7 Å². The lowest BCUT2D eigenvalue weighted by molar-refractivity contribution is 0.102. The van der Waals surface area contributed by atoms with Crippen LogP contribution in [0.4, 0.5) is 5.69 Å². The van der Waals surface area contributed by atoms with Crippen LogP contribution in [0.2, 0.25) is 0 Å². The van der Waals surface area contributed by atoms with E-state index in [1.54, 1.807) is 53.6 Å². The summed E-state index contributed by atoms with van der Waals surface area (Å²) in [6.45, 7) is 0. The Morgan fingerprint density at radius 3 is 2.77 bits per heavy atom. The highest BCUT2D eigenvalue weighted by Crippen LogP contribution is 2.15. The molecule has 0 bridgehead atoms. The SMILES string of the molecule is COc1ccc(NC(=O)c2cccnc2-n2cccn2)cn1. The third-order valence-corrected chi connectivity index (χ3v) is 2.96. The Morgan fingerprint density at radius 1 is 1.18 bits per heavy atom. The van der Waals surface area contributed by atoms with Crippen molar-refractivity contribution in [2.75, 3.05) is 12.4 Å². The number of amides is 1. The number of carbonyl (C=O) groups is 1. The molecule has 0 aliphatic heterocycles. The predicted octanol–water partition coefficient (Wildman–Crippen LogP) is 1.92. The molecule has 0 unspecified atom stereocenters. The van der Waals surface area contributed by atoms with Crippen molar-refractivity contribution in [1.29, 1.82) is 0 Å². The maximum atomic E-state index is 12.4. The highest BCUT2D eigenvalue weighted by atomic mass is 16.5. The van der Waals surface area contributed by atoms with Crippen molar-refractivity contribution >= 4 is 11.6 Å². The Balaban J connectivity index is 1.86. The van der Waals surface area contributed by atoms with Gasteiger partial charge in [0, 0.05) is 24.7 Å². The van der Waals surface area contributed by atoms with Crippen LogP contribution in [-0.4, -0.2) is 32.8 Å². The van der Waals surface area contributed by atoms with Crippen LogP contribution in [0.1, 0.15) is 10.4 Å². The zero-order valence-electron chi connectivity index (χ0n) is 11.8. The summed E-state index contributed by atoms with van der Waals surface area (Å²) in [5.74, 6) is 0.661. The third-order valence-electron chi connectivity index (χ3n) is 2.96. The molecule has 3 aromatic heterocycles. The molecule has 1 N–H and O–H groups in total. The summed E-state index contributed by atoms with van der Waals surface area (Å²) in [4.78, 5) is 20.7. The molecule has 0 aromatic carbocycles. The first-order valence-electron chi connectivity index (χ1n) is 6.54. The minimum absolute atomic E-state index is 0.287. The molecule has 0 radical (unpaired) electrons. The lowest BCUT2D eigenvalue weighted by Gasteiger charge is -2.09. The highest BCUT2D eigenvalue weighted by molar-refractivity contribution is 6.06. The number of nitrogens with one attached hydrogen (secondary N) is 1. The van der Waals surface area contributed by atoms with Gasteiger partial charge in [-0.15, -0.1) is 0 Å². The van der Waals surface area contributed by atoms with Crippen molar-refractivity contribution in [3.05, 3.63) is 60.7 Å². The largest absolute Gasteiger partial charge is 0.481 e. The molecule has 0 saturated heterocycles. The van der Waals surface area contributed by atoms with Crippen molar-refractivity contribution in [3.8, 4) is 11.7 Å². The molecule has 1 amide bonds. The number of hydrogen-bond acceptors (Lipinski definition) is 5. The van der Waals surface area contributed by atoms with E-state index in [9.17, 15) is 4.79 Å². The molecular formula is C15H13N5O2. The van der Waals surface area contributed by atoms with Crippen LogP contribution in [0.25, 0.3) is 5.82 Å². The van der Waals surface area contributed by atoms with Crippen LogP contribution in [-0.2, 0) is 0 Å². The Morgan fingerprint density at radius 2 is 2.09 bits per heavy atom. The van der Waals surface area contributed by atoms with Gasteiger partial charge in [-0.2, -0.15) is 5.10 Å². The zero-order chi connectivity index (χ0) is 15.4. The van der Waals surface area contributed by atoms with Crippen LogP contribution in [0.15, 0.2) is 55.1 Å². The smallest absolute Gasteiger partial charge is 0.259 e. The van der Waals surface area contributed by atoms with E-state index >= 15 is 0 Å². The fraction of sp³-hybridized carbons (Fsp3) is 0.0667. The van der Waals surface area contributed by atoms with Crippen molar-refractivity contribution in [2.45, 2.75) is 0 Å². The van der Waals surface area contributed by atoms with Crippen molar-refractivity contribution < 1.29 is 9.53 Å². The normalized spacial score (nSPS) is 10.2. The van der Waals surface area contributed by atoms with E-state index in [2.05, 4.69) is 20.4 Å². The molecule has 0 aliphatic carbocycles. The Hall–Kier alpha value is -3.22. The molecule has 7 heteroatoms. The van der Waals surface area contributed by atoms with Gasteiger partial charge in [0.25, 0.3) is 5.91 Å². The maximum Gasteiger partial charge on any atom is 0.259 e. The van der Waals surface area contributed by atoms with Gasteiger partial charge >= 0.3 is 0 Å². The molecule has 7 nitrogen and oxygen atoms in total. The number of anilines is 1. The molecule has 0 aliphatic rings. The molecular weight excluding hydrogens is 282 g/mol. The van der Waals surface area contributed by atoms with Gasteiger partial charge in [-0.25, -0.2) is 14.6 Å². The Bertz CT molecular complexity index is 769. The minimum atomic E-state index is -0.287. The first kappa shape index (κ1) is 13.7. The number of pyridine rings is 2. The monoisotopic (exact) mass is 295 g/mol. The van der Waals surface area contributed by atoms with Gasteiger partial charge in [0.2, 0.25) is 5.88 Å². The maximum absolute atomic E-state index is 12.4. The Kier molecular flexibility index (Phi) is 3.78. The number of ether oxygens (including phenoxy) is 1. The number of rotatable bonds is 4. The number of aromatic nitrogens is 4. The average molecular weight is 295 g/mol. The first-order chi connectivity index (χ1) is 10.8. The van der Waals surface area contributed by atoms with Gasteiger partial charge in [0.05, 0.1) is 24.6 Å². The van der Waals surface area contributed by atoms with Gasteiger partial charge < -0.3 is 10.1 Å². The highest BCUT2D eigenvalue weighted by Gasteiger charge is 2.14. The van der Waals surface area contributed by atoms with E-state index in [4.69, 9.17) is 4.74 Å². The van der Waals surface area contributed by atoms with Crippen molar-refractivity contribution in [2.24, 2.45) is 0 Å². The van der Waals surface area contributed by atoms with Gasteiger partial charge in [-0.3, -0.25) is 4.79 Å². The summed E-state index contributed by atoms with van der Waals surface area (Å²) >= 11 is 0. The van der Waals surface area contributed by atoms with Gasteiger partial charge in [0.15, 0.2) is 5.82 Å². The standard InChI is InChI=1S/C15H13N5O2/c1-22-13-6-5-11(10-17-13)19-15(21)12-4-2-7-16-14(12)20-9-3-8-18-20/h2-10H,1H3,(H,19,21). The van der Waals surface area contributed by atoms with E-state index in [0.717, 1.165) is 0 Å². The fourth-order valence-electron chi connectivity index (χ4n) is 1.92. The number of hydrogen-bond donors (Lipinski definition) is 1. The second kappa shape index (κ2) is 6.04. The molecule has 22 heavy (non-hydrogen) atoms. The second-order valence-corrected chi connectivity index (χ2v) is 4.37. The molecule has 0 atom stereocenters. The third kappa shape index (κ3) is 2.78. The molecule has 0 fully saturated rings. The average Bonchev–Trinajstić information content (AvgIpc) is 3.10. The van der Waals surface area contributed by atoms with Gasteiger partial charge in [-0.1, -0.05) is 0 Å². The zero-order valence-corrected chi connectivity index (χ0v) is 11.8. The van der Waals surface area contributed by atoms with Crippen LogP contribution in [0, 0.1) is 0 Å². The summed E-state index contributed by atoms with van der Waals surface area (Å²) in [6.07, 6.45) is 6.50. The van der Waals surface area contributed by atoms with E-state index < -0.39 is 0 Å². The molecule has 110 valence electrons. The van der Waals surface area contributed by atoms with Crippen molar-refractivity contribution in [3.63, 3.8) is 0 Å². The van der Waals surface area contributed by atoms with Gasteiger partial charge in [0.1, 0.15) is 0 Å². The van der Waals surface area contributed by atoms with Crippen LogP contribution in [0.3, 0.4) is 0 Å². The van der Waals surface area contributed by atoms with E-state index in [1.807, 2.05) is 0 Å². The summed E-state index contributed by atoms with van der Waals surface area (Å²) in [6, 6.07) is 8.55. The summed E-state index contributed by atoms with van der Waals surface area (Å²) in [5, 5.41) is 6.88. The van der Waals surface area contributed by atoms with Crippen LogP contribution >= 0.6 is 0 Å². The van der Waals surface area contributed by atoms with Crippen LogP contribution < -0.4 is 10.1 Å². The van der Waals surface area contributed by atoms with E-state index in [1.165, 1.54) is 13.3 Å². The lowest BCUT2D eigenvalue weighted by atomic mass is 10.2. The predicted molar refractivity (Wildman–Crippen MR) is 80.1 cm³/mol. The molecule has 3 rings (SSSR count). The van der Waals surface area contributed by atoms with E-state index in [-0.39, 0.29) is 5.91 Å². The molecule has 0 spiro atoms. The van der Waals surface area contributed by atoms with E-state index in [0.29, 0.717) is 22.9 Å². The van der Waals surface area contributed by atoms with Crippen LogP contribution in [0.5, 0.6) is 5.88 Å². The number of nitrogens with zero attached hydrogens (tertiary/aromatic N) is 4. The second-order valence-electron chi connectivity index (χ2n) is 4.37. The minimum Gasteiger partial charge on any atom is -0.481 e. The lowest BCUT2D eigenvalue weighted by Crippen LogP contribution is -2.16. The number of methoxy groups -OCH3 is 1.